The molecule has 2 aromatic carbocycles. The Morgan fingerprint density at radius 1 is 1.10 bits per heavy atom. The third-order valence-corrected chi connectivity index (χ3v) is 4.61. The number of hydrogen-bond donors (Lipinski definition) is 1. The summed E-state index contributed by atoms with van der Waals surface area (Å²) in [7, 11) is 1.42. The summed E-state index contributed by atoms with van der Waals surface area (Å²) in [5.41, 5.74) is 3.88. The van der Waals surface area contributed by atoms with Gasteiger partial charge in [0.25, 0.3) is 0 Å². The van der Waals surface area contributed by atoms with Crippen LogP contribution in [0.3, 0.4) is 0 Å². The van der Waals surface area contributed by atoms with Crippen molar-refractivity contribution in [1.82, 2.24) is 4.98 Å². The standard InChI is InChI=1S/C22H19NO6S/c1-27-21-10-16(5-9-20(21)29-12-22(25)26)19(24)8-4-15-2-6-18(7-3-15)28-11-17-13-30-14-23-17/h2-10,13-14H,11-12H2,1H3,(H,25,26)/b8-4+. The average molecular weight is 425 g/mol. The van der Waals surface area contributed by atoms with Gasteiger partial charge in [-0.25, -0.2) is 9.78 Å². The van der Waals surface area contributed by atoms with Crippen LogP contribution in [-0.4, -0.2) is 35.6 Å². The van der Waals surface area contributed by atoms with Crippen LogP contribution in [0.2, 0.25) is 0 Å². The van der Waals surface area contributed by atoms with E-state index in [1.54, 1.807) is 17.7 Å². The number of carbonyl (C=O) groups excluding carboxylic acids is 1. The molecule has 154 valence electrons. The second-order valence-corrected chi connectivity index (χ2v) is 6.80. The second kappa shape index (κ2) is 10.2. The monoisotopic (exact) mass is 425 g/mol. The summed E-state index contributed by atoms with van der Waals surface area (Å²) >= 11 is 1.52. The smallest absolute Gasteiger partial charge is 0.341 e. The van der Waals surface area contributed by atoms with E-state index in [4.69, 9.17) is 19.3 Å². The van der Waals surface area contributed by atoms with Gasteiger partial charge in [-0.3, -0.25) is 4.79 Å². The highest BCUT2D eigenvalue weighted by atomic mass is 32.1. The van der Waals surface area contributed by atoms with E-state index in [0.29, 0.717) is 17.9 Å². The number of carboxylic acid groups (broad SMARTS) is 1. The lowest BCUT2D eigenvalue weighted by atomic mass is 10.1. The minimum absolute atomic E-state index is 0.220. The largest absolute Gasteiger partial charge is 0.493 e. The Kier molecular flexibility index (Phi) is 7.18. The summed E-state index contributed by atoms with van der Waals surface area (Å²) in [6.07, 6.45) is 3.16. The third-order valence-electron chi connectivity index (χ3n) is 3.98. The Morgan fingerprint density at radius 2 is 1.90 bits per heavy atom. The molecule has 1 N–H and O–H groups in total. The van der Waals surface area contributed by atoms with Crippen LogP contribution in [0.25, 0.3) is 6.08 Å². The van der Waals surface area contributed by atoms with Crippen molar-refractivity contribution >= 4 is 29.2 Å². The molecule has 0 aliphatic carbocycles. The van der Waals surface area contributed by atoms with Crippen LogP contribution in [0.4, 0.5) is 0 Å². The van der Waals surface area contributed by atoms with E-state index in [2.05, 4.69) is 4.98 Å². The van der Waals surface area contributed by atoms with Crippen molar-refractivity contribution in [3.8, 4) is 17.2 Å². The minimum Gasteiger partial charge on any atom is -0.493 e. The predicted octanol–water partition coefficient (Wildman–Crippen LogP) is 4.09. The highest BCUT2D eigenvalue weighted by Crippen LogP contribution is 2.28. The van der Waals surface area contributed by atoms with Gasteiger partial charge in [0.2, 0.25) is 0 Å². The first-order valence-electron chi connectivity index (χ1n) is 8.90. The number of aliphatic carboxylic acids is 1. The fourth-order valence-electron chi connectivity index (χ4n) is 2.49. The van der Waals surface area contributed by atoms with Gasteiger partial charge in [0.05, 0.1) is 18.3 Å². The molecule has 0 saturated heterocycles. The van der Waals surface area contributed by atoms with Gasteiger partial charge < -0.3 is 19.3 Å². The predicted molar refractivity (Wildman–Crippen MR) is 112 cm³/mol. The molecule has 0 fully saturated rings. The van der Waals surface area contributed by atoms with Crippen LogP contribution in [0.5, 0.6) is 17.2 Å². The maximum atomic E-state index is 12.5. The van der Waals surface area contributed by atoms with Crippen LogP contribution in [0.15, 0.2) is 59.4 Å². The molecule has 1 heterocycles. The molecule has 0 amide bonds. The average Bonchev–Trinajstić information content (AvgIpc) is 3.29. The fraction of sp³-hybridized carbons (Fsp3) is 0.136. The van der Waals surface area contributed by atoms with Gasteiger partial charge >= 0.3 is 5.97 Å². The normalized spacial score (nSPS) is 10.7. The molecule has 8 heteroatoms. The summed E-state index contributed by atoms with van der Waals surface area (Å²) in [6, 6.07) is 11.9. The number of thiazole rings is 1. The zero-order chi connectivity index (χ0) is 21.3. The molecule has 0 unspecified atom stereocenters. The number of hydrogen-bond acceptors (Lipinski definition) is 7. The van der Waals surface area contributed by atoms with Crippen molar-refractivity contribution in [1.29, 1.82) is 0 Å². The molecule has 0 aliphatic heterocycles. The van der Waals surface area contributed by atoms with Crippen LogP contribution in [0.1, 0.15) is 21.6 Å². The van der Waals surface area contributed by atoms with Gasteiger partial charge in [-0.1, -0.05) is 18.2 Å². The number of nitrogens with zero attached hydrogens (tertiary/aromatic N) is 1. The molecule has 0 radical (unpaired) electrons. The molecule has 30 heavy (non-hydrogen) atoms. The Hall–Kier alpha value is -3.65. The van der Waals surface area contributed by atoms with Crippen molar-refractivity contribution in [2.75, 3.05) is 13.7 Å². The molecule has 0 saturated carbocycles. The molecule has 0 aliphatic rings. The van der Waals surface area contributed by atoms with E-state index >= 15 is 0 Å². The van der Waals surface area contributed by atoms with E-state index in [-0.39, 0.29) is 17.3 Å². The van der Waals surface area contributed by atoms with Crippen LogP contribution in [-0.2, 0) is 11.4 Å². The zero-order valence-corrected chi connectivity index (χ0v) is 16.9. The molecule has 7 nitrogen and oxygen atoms in total. The first kappa shape index (κ1) is 21.1. The van der Waals surface area contributed by atoms with Crippen molar-refractivity contribution in [2.45, 2.75) is 6.61 Å². The van der Waals surface area contributed by atoms with Gasteiger partial charge in [0.1, 0.15) is 12.4 Å². The SMILES string of the molecule is COc1cc(C(=O)/C=C/c2ccc(OCc3cscn3)cc2)ccc1OCC(=O)O. The molecule has 3 rings (SSSR count). The first-order chi connectivity index (χ1) is 14.5. The first-order valence-corrected chi connectivity index (χ1v) is 9.84. The second-order valence-electron chi connectivity index (χ2n) is 6.08. The number of carbonyl (C=O) groups is 2. The van der Waals surface area contributed by atoms with E-state index in [9.17, 15) is 9.59 Å². The summed E-state index contributed by atoms with van der Waals surface area (Å²) < 4.78 is 16.0. The maximum Gasteiger partial charge on any atom is 0.341 e. The molecule has 0 spiro atoms. The summed E-state index contributed by atoms with van der Waals surface area (Å²) in [5.74, 6) is -0.0550. The third kappa shape index (κ3) is 5.92. The number of ether oxygens (including phenoxy) is 3. The molecule has 0 bridgehead atoms. The number of benzene rings is 2. The van der Waals surface area contributed by atoms with E-state index in [1.807, 2.05) is 29.6 Å². The van der Waals surface area contributed by atoms with Crippen molar-refractivity contribution < 1.29 is 28.9 Å². The van der Waals surface area contributed by atoms with E-state index < -0.39 is 12.6 Å². The quantitative estimate of drug-likeness (QED) is 0.386. The van der Waals surface area contributed by atoms with Crippen molar-refractivity contribution in [2.24, 2.45) is 0 Å². The van der Waals surface area contributed by atoms with Crippen LogP contribution in [0, 0.1) is 0 Å². The van der Waals surface area contributed by atoms with E-state index in [1.165, 1.54) is 36.7 Å². The number of carboxylic acids is 1. The van der Waals surface area contributed by atoms with Crippen molar-refractivity contribution in [3.63, 3.8) is 0 Å². The van der Waals surface area contributed by atoms with Gasteiger partial charge in [-0.15, -0.1) is 11.3 Å². The number of ketones is 1. The summed E-state index contributed by atoms with van der Waals surface area (Å²) in [6.45, 7) is -0.0851. The summed E-state index contributed by atoms with van der Waals surface area (Å²) in [5, 5.41) is 10.6. The summed E-state index contributed by atoms with van der Waals surface area (Å²) in [4.78, 5) is 27.3. The molecular formula is C22H19NO6S. The lowest BCUT2D eigenvalue weighted by molar-refractivity contribution is -0.139. The van der Waals surface area contributed by atoms with Crippen LogP contribution < -0.4 is 14.2 Å². The Bertz CT molecular complexity index is 1030. The van der Waals surface area contributed by atoms with Crippen LogP contribution >= 0.6 is 11.3 Å². The minimum atomic E-state index is -1.10. The van der Waals surface area contributed by atoms with Gasteiger partial charge in [0, 0.05) is 10.9 Å². The molecule has 3 aromatic rings. The highest BCUT2D eigenvalue weighted by Gasteiger charge is 2.11. The Balaban J connectivity index is 1.61. The Labute approximate surface area is 177 Å². The molecular weight excluding hydrogens is 406 g/mol. The Morgan fingerprint density at radius 3 is 2.57 bits per heavy atom. The van der Waals surface area contributed by atoms with Gasteiger partial charge in [0.15, 0.2) is 23.9 Å². The topological polar surface area (TPSA) is 95.0 Å². The van der Waals surface area contributed by atoms with Gasteiger partial charge in [-0.2, -0.15) is 0 Å². The fourth-order valence-corrected chi connectivity index (χ4v) is 3.03. The number of methoxy groups -OCH3 is 1. The number of aromatic nitrogens is 1. The van der Waals surface area contributed by atoms with Crippen molar-refractivity contribution in [3.05, 3.63) is 76.3 Å². The number of allylic oxidation sites excluding steroid dienone is 1. The zero-order valence-electron chi connectivity index (χ0n) is 16.1. The van der Waals surface area contributed by atoms with Gasteiger partial charge in [-0.05, 0) is 42.0 Å². The van der Waals surface area contributed by atoms with E-state index in [0.717, 1.165) is 11.3 Å². The maximum absolute atomic E-state index is 12.5. The highest BCUT2D eigenvalue weighted by molar-refractivity contribution is 7.07. The molecule has 0 atom stereocenters. The molecule has 1 aromatic heterocycles. The number of rotatable bonds is 10. The lowest BCUT2D eigenvalue weighted by Crippen LogP contribution is -2.10. The lowest BCUT2D eigenvalue weighted by Gasteiger charge is -2.10.